The number of carbonyl (C=O) groups is 1. The minimum atomic E-state index is -1.51. The van der Waals surface area contributed by atoms with Crippen LogP contribution in [0.3, 0.4) is 0 Å². The van der Waals surface area contributed by atoms with Crippen molar-refractivity contribution in [2.75, 3.05) is 0 Å². The Labute approximate surface area is 156 Å². The molecule has 0 saturated carbocycles. The number of pyridine rings is 1. The summed E-state index contributed by atoms with van der Waals surface area (Å²) in [5.74, 6) is 2.60. The highest BCUT2D eigenvalue weighted by Gasteiger charge is 2.37. The van der Waals surface area contributed by atoms with Gasteiger partial charge in [0.2, 0.25) is 0 Å². The predicted molar refractivity (Wildman–Crippen MR) is 103 cm³/mol. The van der Waals surface area contributed by atoms with Gasteiger partial charge >= 0.3 is 5.97 Å². The van der Waals surface area contributed by atoms with Gasteiger partial charge in [-0.1, -0.05) is 32.5 Å². The average Bonchev–Trinajstić information content (AvgIpc) is 2.59. The molecule has 0 spiro atoms. The van der Waals surface area contributed by atoms with Crippen molar-refractivity contribution in [2.45, 2.75) is 58.2 Å². The molecule has 1 aromatic heterocycles. The minimum absolute atomic E-state index is 0.103. The first kappa shape index (κ1) is 19.2. The van der Waals surface area contributed by atoms with Crippen molar-refractivity contribution in [3.05, 3.63) is 31.2 Å². The lowest BCUT2D eigenvalue weighted by Gasteiger charge is -2.26. The fourth-order valence-corrected chi connectivity index (χ4v) is 3.91. The number of ether oxygens (including phenoxy) is 1. The number of aliphatic hydroxyl groups is 1. The Balaban J connectivity index is 2.55. The minimum Gasteiger partial charge on any atom is -0.460 e. The lowest BCUT2D eigenvalue weighted by Crippen LogP contribution is -2.33. The molecule has 0 saturated heterocycles. The summed E-state index contributed by atoms with van der Waals surface area (Å²) in [4.78, 5) is 24.6. The van der Waals surface area contributed by atoms with E-state index in [0.29, 0.717) is 27.8 Å². The molecule has 1 unspecified atom stereocenters. The van der Waals surface area contributed by atoms with Crippen molar-refractivity contribution in [3.63, 3.8) is 0 Å². The van der Waals surface area contributed by atoms with Crippen LogP contribution in [0.2, 0.25) is 19.6 Å². The zero-order valence-electron chi connectivity index (χ0n) is 14.4. The molecule has 130 valence electrons. The highest BCUT2D eigenvalue weighted by atomic mass is 127. The molecule has 1 aromatic rings. The predicted octanol–water partition coefficient (Wildman–Crippen LogP) is 2.38. The first-order valence-electron chi connectivity index (χ1n) is 7.88. The van der Waals surface area contributed by atoms with Gasteiger partial charge in [-0.15, -0.1) is 5.54 Å². The first-order chi connectivity index (χ1) is 11.1. The van der Waals surface area contributed by atoms with E-state index in [1.165, 1.54) is 0 Å². The molecule has 2 rings (SSSR count). The number of aromatic nitrogens is 1. The van der Waals surface area contributed by atoms with Crippen LogP contribution in [0.25, 0.3) is 0 Å². The van der Waals surface area contributed by atoms with Crippen LogP contribution in [0.1, 0.15) is 30.9 Å². The fraction of sp³-hybridized carbons (Fsp3) is 0.529. The Morgan fingerprint density at radius 1 is 1.42 bits per heavy atom. The van der Waals surface area contributed by atoms with Crippen LogP contribution in [-0.2, 0) is 28.3 Å². The van der Waals surface area contributed by atoms with E-state index in [1.54, 1.807) is 17.6 Å². The molecule has 1 aliphatic heterocycles. The van der Waals surface area contributed by atoms with Crippen LogP contribution in [0.4, 0.5) is 0 Å². The maximum Gasteiger partial charge on any atom is 0.309 e. The van der Waals surface area contributed by atoms with Gasteiger partial charge in [0.15, 0.2) is 0 Å². The van der Waals surface area contributed by atoms with Gasteiger partial charge < -0.3 is 9.84 Å². The van der Waals surface area contributed by atoms with E-state index in [9.17, 15) is 14.7 Å². The second kappa shape index (κ2) is 7.02. The highest BCUT2D eigenvalue weighted by molar-refractivity contribution is 14.1. The number of rotatable bonds is 2. The van der Waals surface area contributed by atoms with Crippen molar-refractivity contribution < 1.29 is 14.6 Å². The van der Waals surface area contributed by atoms with Crippen LogP contribution in [0.5, 0.6) is 0 Å². The van der Waals surface area contributed by atoms with E-state index in [2.05, 4.69) is 53.7 Å². The van der Waals surface area contributed by atoms with Crippen molar-refractivity contribution in [2.24, 2.45) is 0 Å². The summed E-state index contributed by atoms with van der Waals surface area (Å²) >= 11 is 2.07. The monoisotopic (exact) mass is 459 g/mol. The second-order valence-corrected chi connectivity index (χ2v) is 12.9. The molecular weight excluding hydrogens is 437 g/mol. The number of hydrogen-bond donors (Lipinski definition) is 1. The Morgan fingerprint density at radius 3 is 2.67 bits per heavy atom. The standard InChI is InChI=1S/C17H22INO4Si/c1-5-17(22)10-15(20)23-11-12-13(17)9-14(18)19(16(12)21)7-6-8-24(2,3)4/h9,22H,5,7,10-11H2,1-4H3. The molecule has 24 heavy (non-hydrogen) atoms. The second-order valence-electron chi connectivity index (χ2n) is 7.02. The highest BCUT2D eigenvalue weighted by Crippen LogP contribution is 2.34. The summed E-state index contributed by atoms with van der Waals surface area (Å²) < 4.78 is 7.39. The van der Waals surface area contributed by atoms with Gasteiger partial charge in [-0.05, 0) is 40.6 Å². The number of hydrogen-bond acceptors (Lipinski definition) is 4. The molecule has 0 bridgehead atoms. The number of esters is 1. The molecule has 0 radical (unpaired) electrons. The lowest BCUT2D eigenvalue weighted by molar-refractivity contribution is -0.149. The SMILES string of the molecule is CCC1(O)CC(=O)OCc2c1cc(I)n(CC#C[Si](C)(C)C)c2=O. The summed E-state index contributed by atoms with van der Waals surface area (Å²) in [6, 6.07) is 1.78. The van der Waals surface area contributed by atoms with Crippen molar-refractivity contribution in [3.8, 4) is 11.5 Å². The van der Waals surface area contributed by atoms with Crippen molar-refractivity contribution in [1.29, 1.82) is 0 Å². The Morgan fingerprint density at radius 2 is 2.08 bits per heavy atom. The van der Waals surface area contributed by atoms with Gasteiger partial charge in [-0.3, -0.25) is 14.2 Å². The summed E-state index contributed by atoms with van der Waals surface area (Å²) in [5, 5.41) is 10.8. The molecule has 0 aromatic carbocycles. The van der Waals surface area contributed by atoms with Crippen molar-refractivity contribution in [1.82, 2.24) is 4.57 Å². The first-order valence-corrected chi connectivity index (χ1v) is 12.5. The molecule has 5 nitrogen and oxygen atoms in total. The van der Waals surface area contributed by atoms with E-state index in [0.717, 1.165) is 0 Å². The quantitative estimate of drug-likeness (QED) is 0.243. The molecule has 0 aliphatic carbocycles. The maximum absolute atomic E-state index is 12.9. The summed E-state index contributed by atoms with van der Waals surface area (Å²) in [5.41, 5.74) is 2.49. The van der Waals surface area contributed by atoms with Gasteiger partial charge in [0.1, 0.15) is 20.3 Å². The van der Waals surface area contributed by atoms with E-state index >= 15 is 0 Å². The Kier molecular flexibility index (Phi) is 5.62. The number of halogens is 1. The molecule has 0 fully saturated rings. The summed E-state index contributed by atoms with van der Waals surface area (Å²) in [7, 11) is -1.51. The topological polar surface area (TPSA) is 68.5 Å². The van der Waals surface area contributed by atoms with E-state index in [-0.39, 0.29) is 18.6 Å². The Bertz CT molecular complexity index is 785. The van der Waals surface area contributed by atoms with Crippen LogP contribution in [0, 0.1) is 15.2 Å². The van der Waals surface area contributed by atoms with Gasteiger partial charge in [-0.25, -0.2) is 0 Å². The Hall–Kier alpha value is -1.11. The molecule has 1 N–H and O–H groups in total. The molecule has 0 amide bonds. The lowest BCUT2D eigenvalue weighted by atomic mass is 9.86. The fourth-order valence-electron chi connectivity index (χ4n) is 2.60. The third-order valence-electron chi connectivity index (χ3n) is 3.95. The number of fused-ring (bicyclic) bond motifs is 1. The van der Waals surface area contributed by atoms with E-state index in [1.807, 2.05) is 0 Å². The van der Waals surface area contributed by atoms with Crippen LogP contribution in [0.15, 0.2) is 10.9 Å². The van der Waals surface area contributed by atoms with E-state index in [4.69, 9.17) is 4.74 Å². The van der Waals surface area contributed by atoms with Crippen LogP contribution < -0.4 is 5.56 Å². The van der Waals surface area contributed by atoms with Gasteiger partial charge in [0, 0.05) is 0 Å². The molecule has 1 atom stereocenters. The molecular formula is C17H22INO4Si. The smallest absolute Gasteiger partial charge is 0.309 e. The largest absolute Gasteiger partial charge is 0.460 e. The zero-order chi connectivity index (χ0) is 18.1. The third kappa shape index (κ3) is 4.10. The number of cyclic esters (lactones) is 1. The van der Waals surface area contributed by atoms with Crippen LogP contribution in [-0.4, -0.2) is 23.7 Å². The zero-order valence-corrected chi connectivity index (χ0v) is 17.6. The average molecular weight is 459 g/mol. The normalized spacial score (nSPS) is 20.5. The maximum atomic E-state index is 12.9. The van der Waals surface area contributed by atoms with E-state index < -0.39 is 19.6 Å². The summed E-state index contributed by atoms with van der Waals surface area (Å²) in [6.45, 7) is 8.42. The van der Waals surface area contributed by atoms with Crippen LogP contribution >= 0.6 is 22.6 Å². The molecule has 2 heterocycles. The van der Waals surface area contributed by atoms with Gasteiger partial charge in [0.05, 0.1) is 22.2 Å². The van der Waals surface area contributed by atoms with Crippen molar-refractivity contribution >= 4 is 36.6 Å². The number of nitrogens with zero attached hydrogens (tertiary/aromatic N) is 1. The third-order valence-corrected chi connectivity index (χ3v) is 5.77. The summed E-state index contributed by atoms with van der Waals surface area (Å²) in [6.07, 6.45) is 0.204. The molecule has 1 aliphatic rings. The van der Waals surface area contributed by atoms with Gasteiger partial charge in [0.25, 0.3) is 5.56 Å². The molecule has 7 heteroatoms. The van der Waals surface area contributed by atoms with Gasteiger partial charge in [-0.2, -0.15) is 0 Å². The number of carbonyl (C=O) groups excluding carboxylic acids is 1.